The van der Waals surface area contributed by atoms with Crippen LogP contribution in [-0.2, 0) is 16.0 Å². The fourth-order valence-electron chi connectivity index (χ4n) is 1.46. The minimum Gasteiger partial charge on any atom is -0.382 e. The lowest BCUT2D eigenvalue weighted by atomic mass is 10.2. The Kier molecular flexibility index (Phi) is 7.48. The standard InChI is InChI=1S/C13H19F2NO2/c1-17-8-9-18-7-3-6-16-10-11-12(14)4-2-5-13(11)15/h2,4-5,16H,3,6-10H2,1H3. The molecule has 0 amide bonds. The molecule has 0 aliphatic carbocycles. The zero-order chi connectivity index (χ0) is 13.2. The highest BCUT2D eigenvalue weighted by Crippen LogP contribution is 2.11. The minimum absolute atomic E-state index is 0.0813. The van der Waals surface area contributed by atoms with Crippen molar-refractivity contribution in [1.29, 1.82) is 0 Å². The molecule has 0 atom stereocenters. The van der Waals surface area contributed by atoms with Crippen molar-refractivity contribution in [3.05, 3.63) is 35.4 Å². The summed E-state index contributed by atoms with van der Waals surface area (Å²) in [6.45, 7) is 2.60. The molecule has 0 saturated heterocycles. The van der Waals surface area contributed by atoms with Gasteiger partial charge in [-0.1, -0.05) is 6.07 Å². The van der Waals surface area contributed by atoms with Crippen molar-refractivity contribution >= 4 is 0 Å². The Balaban J connectivity index is 2.11. The predicted molar refractivity (Wildman–Crippen MR) is 65.4 cm³/mol. The monoisotopic (exact) mass is 259 g/mol. The number of halogens is 2. The molecule has 18 heavy (non-hydrogen) atoms. The lowest BCUT2D eigenvalue weighted by molar-refractivity contribution is 0.0694. The van der Waals surface area contributed by atoms with E-state index in [1.54, 1.807) is 7.11 Å². The molecule has 0 aliphatic rings. The van der Waals surface area contributed by atoms with E-state index < -0.39 is 11.6 Å². The number of nitrogens with one attached hydrogen (secondary N) is 1. The molecule has 0 radical (unpaired) electrons. The highest BCUT2D eigenvalue weighted by atomic mass is 19.1. The summed E-state index contributed by atoms with van der Waals surface area (Å²) in [6, 6.07) is 3.87. The molecule has 1 aromatic rings. The van der Waals surface area contributed by atoms with Gasteiger partial charge in [-0.2, -0.15) is 0 Å². The van der Waals surface area contributed by atoms with Crippen molar-refractivity contribution in [3.8, 4) is 0 Å². The van der Waals surface area contributed by atoms with E-state index in [4.69, 9.17) is 9.47 Å². The van der Waals surface area contributed by atoms with Gasteiger partial charge in [-0.05, 0) is 25.1 Å². The summed E-state index contributed by atoms with van der Waals surface area (Å²) in [6.07, 6.45) is 0.791. The first kappa shape index (κ1) is 15.0. The van der Waals surface area contributed by atoms with Crippen LogP contribution in [-0.4, -0.2) is 33.5 Å². The molecule has 5 heteroatoms. The van der Waals surface area contributed by atoms with E-state index in [1.165, 1.54) is 18.2 Å². The number of rotatable bonds is 9. The lowest BCUT2D eigenvalue weighted by Crippen LogP contribution is -2.18. The van der Waals surface area contributed by atoms with Crippen molar-refractivity contribution in [1.82, 2.24) is 5.32 Å². The maximum absolute atomic E-state index is 13.2. The van der Waals surface area contributed by atoms with Gasteiger partial charge in [-0.3, -0.25) is 0 Å². The van der Waals surface area contributed by atoms with Crippen LogP contribution in [0.3, 0.4) is 0 Å². The van der Waals surface area contributed by atoms with Crippen molar-refractivity contribution in [2.45, 2.75) is 13.0 Å². The second-order valence-electron chi connectivity index (χ2n) is 3.84. The molecule has 0 unspecified atom stereocenters. The SMILES string of the molecule is COCCOCCCNCc1c(F)cccc1F. The lowest BCUT2D eigenvalue weighted by Gasteiger charge is -2.07. The average molecular weight is 259 g/mol. The fourth-order valence-corrected chi connectivity index (χ4v) is 1.46. The summed E-state index contributed by atoms with van der Waals surface area (Å²) in [5.74, 6) is -1.03. The van der Waals surface area contributed by atoms with Gasteiger partial charge in [0.15, 0.2) is 0 Å². The second kappa shape index (κ2) is 8.97. The van der Waals surface area contributed by atoms with Crippen LogP contribution >= 0.6 is 0 Å². The van der Waals surface area contributed by atoms with Gasteiger partial charge >= 0.3 is 0 Å². The summed E-state index contributed by atoms with van der Waals surface area (Å²) in [5, 5.41) is 2.98. The first-order valence-corrected chi connectivity index (χ1v) is 5.96. The smallest absolute Gasteiger partial charge is 0.130 e. The van der Waals surface area contributed by atoms with Crippen molar-refractivity contribution in [3.63, 3.8) is 0 Å². The first-order valence-electron chi connectivity index (χ1n) is 5.96. The molecule has 0 aliphatic heterocycles. The second-order valence-corrected chi connectivity index (χ2v) is 3.84. The molecule has 102 valence electrons. The van der Waals surface area contributed by atoms with Crippen LogP contribution in [0.1, 0.15) is 12.0 Å². The fraction of sp³-hybridized carbons (Fsp3) is 0.538. The largest absolute Gasteiger partial charge is 0.382 e. The molecule has 0 spiro atoms. The van der Waals surface area contributed by atoms with Gasteiger partial charge in [0.25, 0.3) is 0 Å². The number of ether oxygens (including phenoxy) is 2. The molecule has 0 aromatic heterocycles. The van der Waals surface area contributed by atoms with Gasteiger partial charge in [-0.25, -0.2) is 8.78 Å². The van der Waals surface area contributed by atoms with Gasteiger partial charge in [0.2, 0.25) is 0 Å². The molecular formula is C13H19F2NO2. The van der Waals surface area contributed by atoms with Crippen molar-refractivity contribution in [2.75, 3.05) is 33.5 Å². The minimum atomic E-state index is -0.515. The Bertz CT molecular complexity index is 328. The molecule has 1 N–H and O–H groups in total. The molecule has 1 aromatic carbocycles. The van der Waals surface area contributed by atoms with Crippen molar-refractivity contribution < 1.29 is 18.3 Å². The third kappa shape index (κ3) is 5.53. The van der Waals surface area contributed by atoms with Crippen LogP contribution in [0, 0.1) is 11.6 Å². The van der Waals surface area contributed by atoms with Crippen LogP contribution in [0.2, 0.25) is 0 Å². The van der Waals surface area contributed by atoms with Crippen LogP contribution in [0.5, 0.6) is 0 Å². The summed E-state index contributed by atoms with van der Waals surface area (Å²) in [5.41, 5.74) is 0.0813. The Morgan fingerprint density at radius 2 is 1.83 bits per heavy atom. The zero-order valence-electron chi connectivity index (χ0n) is 10.5. The summed E-state index contributed by atoms with van der Waals surface area (Å²) in [4.78, 5) is 0. The Labute approximate surface area is 106 Å². The van der Waals surface area contributed by atoms with Gasteiger partial charge in [0.05, 0.1) is 13.2 Å². The molecule has 0 bridgehead atoms. The van der Waals surface area contributed by atoms with Gasteiger partial charge in [0, 0.05) is 25.8 Å². The normalized spacial score (nSPS) is 10.8. The van der Waals surface area contributed by atoms with Gasteiger partial charge in [0.1, 0.15) is 11.6 Å². The van der Waals surface area contributed by atoms with Gasteiger partial charge in [-0.15, -0.1) is 0 Å². The quantitative estimate of drug-likeness (QED) is 0.689. The molecule has 0 heterocycles. The molecule has 3 nitrogen and oxygen atoms in total. The highest BCUT2D eigenvalue weighted by molar-refractivity contribution is 5.19. The van der Waals surface area contributed by atoms with E-state index in [0.29, 0.717) is 26.4 Å². The summed E-state index contributed by atoms with van der Waals surface area (Å²) >= 11 is 0. The maximum Gasteiger partial charge on any atom is 0.130 e. The molecule has 1 rings (SSSR count). The third-order valence-corrected chi connectivity index (χ3v) is 2.44. The number of benzene rings is 1. The van der Waals surface area contributed by atoms with E-state index in [1.807, 2.05) is 0 Å². The Morgan fingerprint density at radius 1 is 1.11 bits per heavy atom. The van der Waals surface area contributed by atoms with Gasteiger partial charge < -0.3 is 14.8 Å². The topological polar surface area (TPSA) is 30.5 Å². The van der Waals surface area contributed by atoms with E-state index in [0.717, 1.165) is 6.42 Å². The summed E-state index contributed by atoms with van der Waals surface area (Å²) in [7, 11) is 1.62. The van der Waals surface area contributed by atoms with Crippen LogP contribution in [0.4, 0.5) is 8.78 Å². The van der Waals surface area contributed by atoms with Crippen molar-refractivity contribution in [2.24, 2.45) is 0 Å². The highest BCUT2D eigenvalue weighted by Gasteiger charge is 2.06. The zero-order valence-corrected chi connectivity index (χ0v) is 10.5. The van der Waals surface area contributed by atoms with Crippen LogP contribution < -0.4 is 5.32 Å². The number of hydrogen-bond acceptors (Lipinski definition) is 3. The Morgan fingerprint density at radius 3 is 2.50 bits per heavy atom. The molecular weight excluding hydrogens is 240 g/mol. The van der Waals surface area contributed by atoms with Crippen LogP contribution in [0.25, 0.3) is 0 Å². The molecule has 0 fully saturated rings. The van der Waals surface area contributed by atoms with Crippen LogP contribution in [0.15, 0.2) is 18.2 Å². The van der Waals surface area contributed by atoms with E-state index in [-0.39, 0.29) is 12.1 Å². The Hall–Kier alpha value is -1.04. The maximum atomic E-state index is 13.2. The van der Waals surface area contributed by atoms with E-state index >= 15 is 0 Å². The first-order chi connectivity index (χ1) is 8.75. The van der Waals surface area contributed by atoms with E-state index in [2.05, 4.69) is 5.32 Å². The van der Waals surface area contributed by atoms with E-state index in [9.17, 15) is 8.78 Å². The number of hydrogen-bond donors (Lipinski definition) is 1. The molecule has 0 saturated carbocycles. The predicted octanol–water partition coefficient (Wildman–Crippen LogP) is 2.11. The number of methoxy groups -OCH3 is 1. The average Bonchev–Trinajstić information content (AvgIpc) is 2.35. The third-order valence-electron chi connectivity index (χ3n) is 2.44. The summed E-state index contributed by atoms with van der Waals surface area (Å²) < 4.78 is 36.6.